The number of benzene rings is 1. The van der Waals surface area contributed by atoms with Crippen molar-refractivity contribution in [1.82, 2.24) is 0 Å². The van der Waals surface area contributed by atoms with Crippen molar-refractivity contribution in [3.05, 3.63) is 22.2 Å². The van der Waals surface area contributed by atoms with Crippen molar-refractivity contribution in [2.45, 2.75) is 6.42 Å². The Balaban J connectivity index is 3.12. The number of nitrogens with one attached hydrogen (secondary N) is 1. The summed E-state index contributed by atoms with van der Waals surface area (Å²) in [7, 11) is 1.50. The number of phenolic OH excluding ortho intramolecular Hbond substituents is 1. The Kier molecular flexibility index (Phi) is 3.31. The van der Waals surface area contributed by atoms with Crippen molar-refractivity contribution in [2.75, 3.05) is 7.11 Å². The van der Waals surface area contributed by atoms with Gasteiger partial charge in [-0.15, -0.1) is 0 Å². The largest absolute Gasteiger partial charge is 0.504 e. The summed E-state index contributed by atoms with van der Waals surface area (Å²) in [4.78, 5) is 0. The fourth-order valence-corrected chi connectivity index (χ4v) is 1.50. The summed E-state index contributed by atoms with van der Waals surface area (Å²) in [5.74, 6) is 0.531. The first-order chi connectivity index (χ1) is 6.19. The predicted molar refractivity (Wildman–Crippen MR) is 54.8 cm³/mol. The zero-order chi connectivity index (χ0) is 9.84. The van der Waals surface area contributed by atoms with E-state index in [4.69, 9.17) is 10.1 Å². The van der Waals surface area contributed by atoms with Crippen LogP contribution in [0.4, 0.5) is 0 Å². The predicted octanol–water partition coefficient (Wildman–Crippen LogP) is 2.36. The van der Waals surface area contributed by atoms with Crippen molar-refractivity contribution in [3.8, 4) is 11.5 Å². The molecule has 0 heterocycles. The number of halogens is 1. The Morgan fingerprint density at radius 2 is 2.31 bits per heavy atom. The third-order valence-electron chi connectivity index (χ3n) is 1.67. The standard InChI is InChI=1S/C9H10BrNO2/c1-13-9-5-7(10)6(2-3-11)4-8(9)12/h3-5,11-12H,2H2,1H3. The van der Waals surface area contributed by atoms with Gasteiger partial charge in [-0.1, -0.05) is 15.9 Å². The molecule has 13 heavy (non-hydrogen) atoms. The van der Waals surface area contributed by atoms with E-state index in [0.717, 1.165) is 10.0 Å². The number of hydrogen-bond acceptors (Lipinski definition) is 3. The van der Waals surface area contributed by atoms with Gasteiger partial charge in [0.1, 0.15) is 0 Å². The van der Waals surface area contributed by atoms with E-state index >= 15 is 0 Å². The molecule has 0 aromatic heterocycles. The molecular formula is C9H10BrNO2. The Morgan fingerprint density at radius 1 is 1.62 bits per heavy atom. The number of rotatable bonds is 3. The SMILES string of the molecule is COc1cc(Br)c(CC=N)cc1O. The molecule has 0 radical (unpaired) electrons. The summed E-state index contributed by atoms with van der Waals surface area (Å²) >= 11 is 3.33. The molecule has 0 aliphatic rings. The van der Waals surface area contributed by atoms with E-state index in [-0.39, 0.29) is 5.75 Å². The van der Waals surface area contributed by atoms with Crippen LogP contribution in [0.1, 0.15) is 5.56 Å². The molecule has 1 aromatic rings. The molecule has 0 unspecified atom stereocenters. The average Bonchev–Trinajstić information content (AvgIpc) is 2.11. The van der Waals surface area contributed by atoms with Gasteiger partial charge in [0.05, 0.1) is 7.11 Å². The minimum atomic E-state index is 0.0996. The van der Waals surface area contributed by atoms with Crippen LogP contribution in [0, 0.1) is 5.41 Å². The average molecular weight is 244 g/mol. The highest BCUT2D eigenvalue weighted by molar-refractivity contribution is 9.10. The van der Waals surface area contributed by atoms with Crippen LogP contribution in [0.2, 0.25) is 0 Å². The highest BCUT2D eigenvalue weighted by atomic mass is 79.9. The van der Waals surface area contributed by atoms with Gasteiger partial charge in [0.25, 0.3) is 0 Å². The lowest BCUT2D eigenvalue weighted by Gasteiger charge is -2.06. The van der Waals surface area contributed by atoms with Gasteiger partial charge in [-0.25, -0.2) is 0 Å². The van der Waals surface area contributed by atoms with Crippen LogP contribution < -0.4 is 4.74 Å². The van der Waals surface area contributed by atoms with E-state index in [1.54, 1.807) is 12.1 Å². The number of hydrogen-bond donors (Lipinski definition) is 2. The van der Waals surface area contributed by atoms with E-state index in [0.29, 0.717) is 12.2 Å². The first-order valence-electron chi connectivity index (χ1n) is 3.73. The van der Waals surface area contributed by atoms with Crippen LogP contribution in [-0.4, -0.2) is 18.4 Å². The monoisotopic (exact) mass is 243 g/mol. The van der Waals surface area contributed by atoms with Gasteiger partial charge in [0, 0.05) is 10.9 Å². The van der Waals surface area contributed by atoms with Crippen LogP contribution in [0.15, 0.2) is 16.6 Å². The molecule has 3 nitrogen and oxygen atoms in total. The fourth-order valence-electron chi connectivity index (χ4n) is 1.02. The van der Waals surface area contributed by atoms with Crippen LogP contribution in [0.3, 0.4) is 0 Å². The van der Waals surface area contributed by atoms with Gasteiger partial charge < -0.3 is 15.3 Å². The Hall–Kier alpha value is -1.03. The van der Waals surface area contributed by atoms with Crippen molar-refractivity contribution in [1.29, 1.82) is 5.41 Å². The molecule has 0 amide bonds. The third-order valence-corrected chi connectivity index (χ3v) is 2.41. The van der Waals surface area contributed by atoms with Gasteiger partial charge >= 0.3 is 0 Å². The molecule has 0 atom stereocenters. The highest BCUT2D eigenvalue weighted by Crippen LogP contribution is 2.32. The lowest BCUT2D eigenvalue weighted by Crippen LogP contribution is -1.90. The fraction of sp³-hybridized carbons (Fsp3) is 0.222. The maximum Gasteiger partial charge on any atom is 0.161 e. The van der Waals surface area contributed by atoms with Crippen LogP contribution in [0.25, 0.3) is 0 Å². The second-order valence-corrected chi connectivity index (χ2v) is 3.38. The molecule has 1 aromatic carbocycles. The Morgan fingerprint density at radius 3 is 2.85 bits per heavy atom. The van der Waals surface area contributed by atoms with Crippen LogP contribution in [-0.2, 0) is 6.42 Å². The zero-order valence-corrected chi connectivity index (χ0v) is 8.76. The zero-order valence-electron chi connectivity index (χ0n) is 7.17. The maximum atomic E-state index is 9.42. The molecule has 0 spiro atoms. The Labute approximate surface area is 85.0 Å². The van der Waals surface area contributed by atoms with E-state index in [1.807, 2.05) is 0 Å². The summed E-state index contributed by atoms with van der Waals surface area (Å²) in [5.41, 5.74) is 0.869. The molecule has 2 N–H and O–H groups in total. The molecular weight excluding hydrogens is 234 g/mol. The second kappa shape index (κ2) is 4.28. The van der Waals surface area contributed by atoms with Crippen LogP contribution >= 0.6 is 15.9 Å². The van der Waals surface area contributed by atoms with Gasteiger partial charge in [-0.3, -0.25) is 0 Å². The van der Waals surface area contributed by atoms with Crippen molar-refractivity contribution >= 4 is 22.1 Å². The quantitative estimate of drug-likeness (QED) is 0.802. The molecule has 0 saturated heterocycles. The van der Waals surface area contributed by atoms with Gasteiger partial charge in [0.15, 0.2) is 11.5 Å². The first-order valence-corrected chi connectivity index (χ1v) is 4.52. The smallest absolute Gasteiger partial charge is 0.161 e. The summed E-state index contributed by atoms with van der Waals surface area (Å²) in [6.45, 7) is 0. The summed E-state index contributed by atoms with van der Waals surface area (Å²) < 4.78 is 5.76. The molecule has 4 heteroatoms. The molecule has 0 bridgehead atoms. The number of ether oxygens (including phenoxy) is 1. The van der Waals surface area contributed by atoms with Crippen LogP contribution in [0.5, 0.6) is 11.5 Å². The lowest BCUT2D eigenvalue weighted by molar-refractivity contribution is 0.373. The van der Waals surface area contributed by atoms with Crippen molar-refractivity contribution in [3.63, 3.8) is 0 Å². The van der Waals surface area contributed by atoms with Crippen molar-refractivity contribution in [2.24, 2.45) is 0 Å². The summed E-state index contributed by atoms with van der Waals surface area (Å²) in [5, 5.41) is 16.4. The number of phenols is 1. The van der Waals surface area contributed by atoms with E-state index in [9.17, 15) is 5.11 Å². The van der Waals surface area contributed by atoms with E-state index in [2.05, 4.69) is 15.9 Å². The highest BCUT2D eigenvalue weighted by Gasteiger charge is 2.06. The topological polar surface area (TPSA) is 53.3 Å². The number of aromatic hydroxyl groups is 1. The summed E-state index contributed by atoms with van der Waals surface area (Å²) in [6, 6.07) is 3.28. The van der Waals surface area contributed by atoms with E-state index in [1.165, 1.54) is 13.3 Å². The van der Waals surface area contributed by atoms with Gasteiger partial charge in [-0.05, 0) is 23.9 Å². The molecule has 0 aliphatic heterocycles. The van der Waals surface area contributed by atoms with Gasteiger partial charge in [0.2, 0.25) is 0 Å². The minimum absolute atomic E-state index is 0.0996. The second-order valence-electron chi connectivity index (χ2n) is 2.52. The molecule has 0 saturated carbocycles. The van der Waals surface area contributed by atoms with Gasteiger partial charge in [-0.2, -0.15) is 0 Å². The molecule has 0 aliphatic carbocycles. The molecule has 1 rings (SSSR count). The lowest BCUT2D eigenvalue weighted by atomic mass is 10.1. The molecule has 0 fully saturated rings. The first kappa shape index (κ1) is 10.1. The number of methoxy groups -OCH3 is 1. The summed E-state index contributed by atoms with van der Waals surface area (Å²) in [6.07, 6.45) is 1.78. The molecule has 70 valence electrons. The van der Waals surface area contributed by atoms with Crippen molar-refractivity contribution < 1.29 is 9.84 Å². The normalized spacial score (nSPS) is 9.69. The third kappa shape index (κ3) is 2.21. The minimum Gasteiger partial charge on any atom is -0.504 e. The maximum absolute atomic E-state index is 9.42. The Bertz CT molecular complexity index is 326. The van der Waals surface area contributed by atoms with E-state index < -0.39 is 0 Å².